The van der Waals surface area contributed by atoms with Crippen LogP contribution in [0.15, 0.2) is 36.4 Å². The normalized spacial score (nSPS) is 33.7. The lowest BCUT2D eigenvalue weighted by atomic mass is 9.51. The molecular formula is C33H41BF2O5. The van der Waals surface area contributed by atoms with Crippen LogP contribution in [0.2, 0.25) is 0 Å². The number of aliphatic hydroxyl groups excluding tert-OH is 2. The van der Waals surface area contributed by atoms with E-state index in [1.807, 2.05) is 27.7 Å². The van der Waals surface area contributed by atoms with Crippen molar-refractivity contribution in [3.8, 4) is 0 Å². The zero-order chi connectivity index (χ0) is 29.5. The largest absolute Gasteiger partial charge is 0.494 e. The molecule has 3 aliphatic carbocycles. The molecule has 2 aromatic carbocycles. The van der Waals surface area contributed by atoms with Gasteiger partial charge >= 0.3 is 7.12 Å². The third kappa shape index (κ3) is 4.71. The van der Waals surface area contributed by atoms with E-state index in [0.717, 1.165) is 36.4 Å². The first kappa shape index (κ1) is 29.0. The average molecular weight is 566 g/mol. The quantitative estimate of drug-likeness (QED) is 0.351. The lowest BCUT2D eigenvalue weighted by Crippen LogP contribution is -2.47. The summed E-state index contributed by atoms with van der Waals surface area (Å²) in [5.41, 5.74) is 2.28. The molecule has 4 aliphatic rings. The highest BCUT2D eigenvalue weighted by molar-refractivity contribution is 6.62. The number of benzene rings is 2. The van der Waals surface area contributed by atoms with Crippen molar-refractivity contribution in [2.24, 2.45) is 17.3 Å². The molecule has 0 spiro atoms. The minimum Gasteiger partial charge on any atom is -0.399 e. The summed E-state index contributed by atoms with van der Waals surface area (Å²) >= 11 is 0. The smallest absolute Gasteiger partial charge is 0.399 e. The van der Waals surface area contributed by atoms with Crippen LogP contribution in [0, 0.1) is 28.9 Å². The summed E-state index contributed by atoms with van der Waals surface area (Å²) in [6, 6.07) is 8.89. The molecule has 1 saturated heterocycles. The number of aliphatic hydroxyl groups is 3. The second-order valence-electron chi connectivity index (χ2n) is 14.0. The maximum absolute atomic E-state index is 15.9. The Morgan fingerprint density at radius 2 is 1.59 bits per heavy atom. The topological polar surface area (TPSA) is 79.2 Å². The van der Waals surface area contributed by atoms with Crippen LogP contribution >= 0.6 is 0 Å². The zero-order valence-corrected chi connectivity index (χ0v) is 24.5. The molecule has 1 heterocycles. The van der Waals surface area contributed by atoms with Gasteiger partial charge in [-0.1, -0.05) is 31.2 Å². The molecule has 2 saturated carbocycles. The van der Waals surface area contributed by atoms with Gasteiger partial charge in [0.25, 0.3) is 0 Å². The van der Waals surface area contributed by atoms with Gasteiger partial charge in [-0.15, -0.1) is 0 Å². The average Bonchev–Trinajstić information content (AvgIpc) is 3.31. The fourth-order valence-corrected chi connectivity index (χ4v) is 8.30. The van der Waals surface area contributed by atoms with Crippen molar-refractivity contribution in [3.05, 3.63) is 70.3 Å². The summed E-state index contributed by atoms with van der Waals surface area (Å²) in [5.74, 6) is -1.39. The van der Waals surface area contributed by atoms with Gasteiger partial charge in [0.05, 0.1) is 17.3 Å². The van der Waals surface area contributed by atoms with Crippen LogP contribution in [0.1, 0.15) is 94.4 Å². The van der Waals surface area contributed by atoms with Crippen molar-refractivity contribution < 1.29 is 33.4 Å². The molecule has 0 amide bonds. The Morgan fingerprint density at radius 3 is 2.22 bits per heavy atom. The number of hydrogen-bond donors (Lipinski definition) is 3. The lowest BCUT2D eigenvalue weighted by molar-refractivity contribution is -0.0288. The molecule has 5 nitrogen and oxygen atoms in total. The van der Waals surface area contributed by atoms with Crippen LogP contribution in [0.25, 0.3) is 6.08 Å². The fourth-order valence-electron chi connectivity index (χ4n) is 8.30. The molecule has 3 N–H and O–H groups in total. The van der Waals surface area contributed by atoms with Gasteiger partial charge in [-0.2, -0.15) is 0 Å². The van der Waals surface area contributed by atoms with Crippen LogP contribution < -0.4 is 5.46 Å². The Hall–Kier alpha value is -2.10. The molecule has 2 aromatic rings. The maximum Gasteiger partial charge on any atom is 0.494 e. The number of fused-ring (bicyclic) bond motifs is 5. The van der Waals surface area contributed by atoms with E-state index in [9.17, 15) is 5.11 Å². The minimum absolute atomic E-state index is 0.00856. The van der Waals surface area contributed by atoms with Gasteiger partial charge < -0.3 is 24.6 Å². The van der Waals surface area contributed by atoms with Gasteiger partial charge in [0.2, 0.25) is 0 Å². The summed E-state index contributed by atoms with van der Waals surface area (Å²) in [7, 11) is -0.525. The highest BCUT2D eigenvalue weighted by Crippen LogP contribution is 2.64. The van der Waals surface area contributed by atoms with E-state index in [1.54, 1.807) is 0 Å². The van der Waals surface area contributed by atoms with Crippen molar-refractivity contribution in [3.63, 3.8) is 0 Å². The van der Waals surface area contributed by atoms with Crippen molar-refractivity contribution in [1.29, 1.82) is 0 Å². The van der Waals surface area contributed by atoms with Crippen LogP contribution in [0.4, 0.5) is 8.78 Å². The monoisotopic (exact) mass is 566 g/mol. The van der Waals surface area contributed by atoms with E-state index in [1.165, 1.54) is 23.8 Å². The van der Waals surface area contributed by atoms with Gasteiger partial charge in [0.15, 0.2) is 6.29 Å². The van der Waals surface area contributed by atoms with Gasteiger partial charge in [-0.05, 0) is 129 Å². The molecule has 1 aliphatic heterocycles. The van der Waals surface area contributed by atoms with Crippen molar-refractivity contribution in [1.82, 2.24) is 0 Å². The van der Waals surface area contributed by atoms with Gasteiger partial charge in [0, 0.05) is 5.56 Å². The first-order chi connectivity index (χ1) is 19.2. The predicted octanol–water partition coefficient (Wildman–Crippen LogP) is 5.20. The molecular weight excluding hydrogens is 525 g/mol. The zero-order valence-electron chi connectivity index (χ0n) is 24.5. The number of hydrogen-bond acceptors (Lipinski definition) is 5. The Kier molecular flexibility index (Phi) is 7.06. The van der Waals surface area contributed by atoms with E-state index < -0.39 is 48.3 Å². The highest BCUT2D eigenvalue weighted by Gasteiger charge is 2.58. The molecule has 0 aromatic heterocycles. The SMILES string of the molecule is CC1(C)OB(c2ccc3c(c2)CC(c2c(F)cc(/C=C/C(O)O)cc2F)[C@@H]2[C@@H]3CC[C@]3(C)[C@@H](O)CC[C@@H]23)OC1(C)C. The van der Waals surface area contributed by atoms with Crippen molar-refractivity contribution >= 4 is 18.7 Å². The first-order valence-corrected chi connectivity index (χ1v) is 14.9. The second-order valence-corrected chi connectivity index (χ2v) is 14.0. The van der Waals surface area contributed by atoms with E-state index in [0.29, 0.717) is 12.8 Å². The van der Waals surface area contributed by atoms with Gasteiger partial charge in [-0.25, -0.2) is 8.78 Å². The van der Waals surface area contributed by atoms with E-state index in [4.69, 9.17) is 19.5 Å². The molecule has 3 fully saturated rings. The summed E-state index contributed by atoms with van der Waals surface area (Å²) in [4.78, 5) is 0. The standard InChI is InChI=1S/C33H41BF2O5/c1-31(2)32(3,4)41-34(40-31)20-7-8-21-19(16-20)17-23(29-22(21)12-13-33(5)24(29)9-10-27(33)37)30-25(35)14-18(15-26(30)36)6-11-28(38)39/h6-8,11,14-16,22-24,27-29,37-39H,9-10,12-13,17H2,1-5H3/b11-6+/t22-,23?,24+,27+,29+,33+/m1/s1. The molecule has 0 radical (unpaired) electrons. The predicted molar refractivity (Wildman–Crippen MR) is 155 cm³/mol. The van der Waals surface area contributed by atoms with Gasteiger partial charge in [0.1, 0.15) is 11.6 Å². The molecule has 41 heavy (non-hydrogen) atoms. The Bertz CT molecular complexity index is 1330. The molecule has 6 rings (SSSR count). The Morgan fingerprint density at radius 1 is 0.927 bits per heavy atom. The molecule has 6 atom stereocenters. The second kappa shape index (κ2) is 9.98. The Balaban J connectivity index is 1.43. The maximum atomic E-state index is 15.9. The first-order valence-electron chi connectivity index (χ1n) is 14.9. The van der Waals surface area contributed by atoms with Crippen LogP contribution in [0.5, 0.6) is 0 Å². The van der Waals surface area contributed by atoms with Crippen molar-refractivity contribution in [2.75, 3.05) is 0 Å². The van der Waals surface area contributed by atoms with E-state index in [-0.39, 0.29) is 34.3 Å². The number of rotatable bonds is 4. The summed E-state index contributed by atoms with van der Waals surface area (Å²) in [6.07, 6.45) is 4.03. The highest BCUT2D eigenvalue weighted by atomic mass is 19.1. The summed E-state index contributed by atoms with van der Waals surface area (Å²) in [5, 5.41) is 29.3. The minimum atomic E-state index is -1.71. The third-order valence-corrected chi connectivity index (χ3v) is 11.2. The van der Waals surface area contributed by atoms with Crippen molar-refractivity contribution in [2.45, 2.75) is 102 Å². The molecule has 1 unspecified atom stereocenters. The third-order valence-electron chi connectivity index (χ3n) is 11.2. The Labute approximate surface area is 241 Å². The van der Waals surface area contributed by atoms with E-state index >= 15 is 8.78 Å². The fraction of sp³-hybridized carbons (Fsp3) is 0.576. The van der Waals surface area contributed by atoms with Crippen LogP contribution in [-0.4, -0.2) is 46.0 Å². The molecule has 0 bridgehead atoms. The molecule has 8 heteroatoms. The van der Waals surface area contributed by atoms with Gasteiger partial charge in [-0.3, -0.25) is 0 Å². The number of halogens is 2. The lowest BCUT2D eigenvalue weighted by Gasteiger charge is -2.53. The van der Waals surface area contributed by atoms with Crippen LogP contribution in [-0.2, 0) is 15.7 Å². The van der Waals surface area contributed by atoms with E-state index in [2.05, 4.69) is 25.1 Å². The summed E-state index contributed by atoms with van der Waals surface area (Å²) in [6.45, 7) is 10.2. The van der Waals surface area contributed by atoms with Crippen LogP contribution in [0.3, 0.4) is 0 Å². The summed E-state index contributed by atoms with van der Waals surface area (Å²) < 4.78 is 44.4. The molecule has 220 valence electrons.